The van der Waals surface area contributed by atoms with Gasteiger partial charge in [0, 0.05) is 12.1 Å². The van der Waals surface area contributed by atoms with Crippen LogP contribution in [-0.2, 0) is 0 Å². The predicted molar refractivity (Wildman–Crippen MR) is 55.7 cm³/mol. The maximum absolute atomic E-state index is 9.06. The van der Waals surface area contributed by atoms with Crippen molar-refractivity contribution in [2.45, 2.75) is 51.6 Å². The highest BCUT2D eigenvalue weighted by Crippen LogP contribution is 2.27. The number of hydrogen-bond acceptors (Lipinski definition) is 2. The Morgan fingerprint density at radius 3 is 2.69 bits per heavy atom. The zero-order valence-corrected chi connectivity index (χ0v) is 9.16. The Hall–Kier alpha value is -0.0800. The molecule has 0 aromatic heterocycles. The Morgan fingerprint density at radius 2 is 2.15 bits per heavy atom. The Balaban J connectivity index is 2.41. The molecule has 2 nitrogen and oxygen atoms in total. The van der Waals surface area contributed by atoms with Crippen LogP contribution in [0.1, 0.15) is 39.5 Å². The van der Waals surface area contributed by atoms with Gasteiger partial charge >= 0.3 is 0 Å². The maximum atomic E-state index is 9.06. The average molecular weight is 185 g/mol. The summed E-state index contributed by atoms with van der Waals surface area (Å²) in [5, 5.41) is 9.06. The molecule has 13 heavy (non-hydrogen) atoms. The minimum absolute atomic E-state index is 0.279. The molecular formula is C11H23NO. The molecule has 3 atom stereocenters. The highest BCUT2D eigenvalue weighted by atomic mass is 16.3. The molecule has 3 unspecified atom stereocenters. The fourth-order valence-corrected chi connectivity index (χ4v) is 2.26. The largest absolute Gasteiger partial charge is 0.395 e. The first-order chi connectivity index (χ1) is 6.15. The van der Waals surface area contributed by atoms with Crippen LogP contribution in [0.25, 0.3) is 0 Å². The average Bonchev–Trinajstić information content (AvgIpc) is 2.15. The van der Waals surface area contributed by atoms with Gasteiger partial charge in [-0.15, -0.1) is 0 Å². The summed E-state index contributed by atoms with van der Waals surface area (Å²) in [5.74, 6) is 0.868. The van der Waals surface area contributed by atoms with Gasteiger partial charge < -0.3 is 5.11 Å². The summed E-state index contributed by atoms with van der Waals surface area (Å²) < 4.78 is 0. The molecule has 78 valence electrons. The van der Waals surface area contributed by atoms with Gasteiger partial charge in [-0.25, -0.2) is 0 Å². The lowest BCUT2D eigenvalue weighted by molar-refractivity contribution is 0.0875. The zero-order valence-electron chi connectivity index (χ0n) is 9.16. The molecule has 1 saturated carbocycles. The van der Waals surface area contributed by atoms with Crippen molar-refractivity contribution in [3.63, 3.8) is 0 Å². The molecule has 0 amide bonds. The van der Waals surface area contributed by atoms with Crippen molar-refractivity contribution >= 4 is 0 Å². The van der Waals surface area contributed by atoms with Gasteiger partial charge in [0.1, 0.15) is 0 Å². The van der Waals surface area contributed by atoms with Crippen LogP contribution in [0.15, 0.2) is 0 Å². The quantitative estimate of drug-likeness (QED) is 0.725. The molecule has 0 radical (unpaired) electrons. The van der Waals surface area contributed by atoms with Crippen LogP contribution in [0, 0.1) is 5.92 Å². The number of aliphatic hydroxyl groups is 1. The molecule has 2 heteroatoms. The van der Waals surface area contributed by atoms with Crippen molar-refractivity contribution < 1.29 is 5.11 Å². The topological polar surface area (TPSA) is 23.5 Å². The van der Waals surface area contributed by atoms with Crippen molar-refractivity contribution in [2.24, 2.45) is 5.92 Å². The normalized spacial score (nSPS) is 32.1. The fraction of sp³-hybridized carbons (Fsp3) is 1.00. The minimum atomic E-state index is 0.279. The third-order valence-electron chi connectivity index (χ3n) is 3.44. The Labute approximate surface area is 81.9 Å². The summed E-state index contributed by atoms with van der Waals surface area (Å²) in [4.78, 5) is 2.34. The van der Waals surface area contributed by atoms with Crippen LogP contribution in [0.4, 0.5) is 0 Å². The smallest absolute Gasteiger partial charge is 0.0584 e. The van der Waals surface area contributed by atoms with E-state index in [1.165, 1.54) is 25.7 Å². The lowest BCUT2D eigenvalue weighted by atomic mass is 9.86. The molecule has 1 aliphatic carbocycles. The minimum Gasteiger partial charge on any atom is -0.395 e. The first-order valence-electron chi connectivity index (χ1n) is 5.48. The second-order valence-corrected chi connectivity index (χ2v) is 4.62. The Morgan fingerprint density at radius 1 is 1.46 bits per heavy atom. The molecule has 1 fully saturated rings. The summed E-state index contributed by atoms with van der Waals surface area (Å²) in [6.07, 6.45) is 5.36. The van der Waals surface area contributed by atoms with Crippen molar-refractivity contribution in [1.82, 2.24) is 4.90 Å². The van der Waals surface area contributed by atoms with Gasteiger partial charge in [0.15, 0.2) is 0 Å². The third-order valence-corrected chi connectivity index (χ3v) is 3.44. The number of rotatable bonds is 3. The molecule has 0 bridgehead atoms. The van der Waals surface area contributed by atoms with E-state index in [4.69, 9.17) is 5.11 Å². The van der Waals surface area contributed by atoms with E-state index in [0.717, 1.165) is 5.92 Å². The summed E-state index contributed by atoms with van der Waals surface area (Å²) >= 11 is 0. The van der Waals surface area contributed by atoms with Crippen LogP contribution >= 0.6 is 0 Å². The number of nitrogens with zero attached hydrogens (tertiary/aromatic N) is 1. The van der Waals surface area contributed by atoms with Crippen LogP contribution in [0.5, 0.6) is 0 Å². The highest BCUT2D eigenvalue weighted by molar-refractivity contribution is 4.79. The molecule has 1 aliphatic rings. The summed E-state index contributed by atoms with van der Waals surface area (Å²) in [7, 11) is 2.14. The Kier molecular flexibility index (Phi) is 4.20. The van der Waals surface area contributed by atoms with E-state index >= 15 is 0 Å². The van der Waals surface area contributed by atoms with Crippen LogP contribution < -0.4 is 0 Å². The van der Waals surface area contributed by atoms with Gasteiger partial charge in [-0.2, -0.15) is 0 Å². The van der Waals surface area contributed by atoms with Crippen molar-refractivity contribution in [1.29, 1.82) is 0 Å². The van der Waals surface area contributed by atoms with Crippen molar-refractivity contribution in [2.75, 3.05) is 13.7 Å². The molecule has 0 aromatic carbocycles. The molecule has 1 rings (SSSR count). The first kappa shape index (κ1) is 11.0. The number of hydrogen-bond donors (Lipinski definition) is 1. The summed E-state index contributed by atoms with van der Waals surface area (Å²) in [5.41, 5.74) is 0. The first-order valence-corrected chi connectivity index (χ1v) is 5.48. The number of likely N-dealkylation sites (N-methyl/N-ethyl adjacent to an activating group) is 1. The Bertz CT molecular complexity index is 149. The molecule has 0 spiro atoms. The van der Waals surface area contributed by atoms with Crippen LogP contribution in [-0.4, -0.2) is 35.7 Å². The summed E-state index contributed by atoms with van der Waals surface area (Å²) in [6.45, 7) is 4.71. The standard InChI is InChI=1S/C11H23NO/c1-9-5-4-6-11(7-9)12(3)10(2)8-13/h9-11,13H,4-8H2,1-3H3. The van der Waals surface area contributed by atoms with Gasteiger partial charge in [-0.1, -0.05) is 19.8 Å². The second-order valence-electron chi connectivity index (χ2n) is 4.62. The van der Waals surface area contributed by atoms with E-state index in [0.29, 0.717) is 12.1 Å². The van der Waals surface area contributed by atoms with Gasteiger partial charge in [0.25, 0.3) is 0 Å². The van der Waals surface area contributed by atoms with E-state index < -0.39 is 0 Å². The fourth-order valence-electron chi connectivity index (χ4n) is 2.26. The van der Waals surface area contributed by atoms with Crippen LogP contribution in [0.3, 0.4) is 0 Å². The monoisotopic (exact) mass is 185 g/mol. The molecule has 0 heterocycles. The van der Waals surface area contributed by atoms with Crippen LogP contribution in [0.2, 0.25) is 0 Å². The van der Waals surface area contributed by atoms with Crippen molar-refractivity contribution in [3.8, 4) is 0 Å². The second kappa shape index (κ2) is 4.97. The summed E-state index contributed by atoms with van der Waals surface area (Å²) in [6, 6.07) is 1.01. The lowest BCUT2D eigenvalue weighted by Gasteiger charge is -2.37. The van der Waals surface area contributed by atoms with E-state index in [2.05, 4.69) is 25.8 Å². The van der Waals surface area contributed by atoms with E-state index in [9.17, 15) is 0 Å². The predicted octanol–water partition coefficient (Wildman–Crippen LogP) is 1.88. The van der Waals surface area contributed by atoms with Gasteiger partial charge in [-0.05, 0) is 32.7 Å². The highest BCUT2D eigenvalue weighted by Gasteiger charge is 2.24. The maximum Gasteiger partial charge on any atom is 0.0584 e. The van der Waals surface area contributed by atoms with Crippen molar-refractivity contribution in [3.05, 3.63) is 0 Å². The van der Waals surface area contributed by atoms with E-state index in [1.807, 2.05) is 0 Å². The SMILES string of the molecule is CC1CCCC(N(C)C(C)CO)C1. The van der Waals surface area contributed by atoms with Gasteiger partial charge in [0.05, 0.1) is 6.61 Å². The van der Waals surface area contributed by atoms with Gasteiger partial charge in [0.2, 0.25) is 0 Å². The molecule has 0 aromatic rings. The lowest BCUT2D eigenvalue weighted by Crippen LogP contribution is -2.42. The van der Waals surface area contributed by atoms with Gasteiger partial charge in [-0.3, -0.25) is 4.90 Å². The molecule has 1 N–H and O–H groups in total. The number of aliphatic hydroxyl groups excluding tert-OH is 1. The van der Waals surface area contributed by atoms with E-state index in [1.54, 1.807) is 0 Å². The molecule has 0 saturated heterocycles. The molecule has 0 aliphatic heterocycles. The zero-order chi connectivity index (χ0) is 9.84. The third kappa shape index (κ3) is 2.96. The van der Waals surface area contributed by atoms with E-state index in [-0.39, 0.29) is 6.61 Å². The molecular weight excluding hydrogens is 162 g/mol.